The number of halogens is 1. The Balaban J connectivity index is 1.27. The molecule has 4 heterocycles. The summed E-state index contributed by atoms with van der Waals surface area (Å²) >= 11 is 0. The first-order valence-electron chi connectivity index (χ1n) is 11.7. The predicted molar refractivity (Wildman–Crippen MR) is 128 cm³/mol. The topological polar surface area (TPSA) is 85.2 Å². The van der Waals surface area contributed by atoms with Crippen molar-refractivity contribution in [2.24, 2.45) is 0 Å². The van der Waals surface area contributed by atoms with Gasteiger partial charge in [-0.1, -0.05) is 24.1 Å². The normalized spacial score (nSPS) is 16.9. The van der Waals surface area contributed by atoms with Crippen LogP contribution in [0, 0.1) is 17.7 Å². The Morgan fingerprint density at radius 1 is 1.26 bits per heavy atom. The van der Waals surface area contributed by atoms with Gasteiger partial charge in [0.15, 0.2) is 0 Å². The van der Waals surface area contributed by atoms with Crippen molar-refractivity contribution >= 4 is 11.9 Å². The molecule has 0 aliphatic carbocycles. The van der Waals surface area contributed by atoms with E-state index in [9.17, 15) is 9.18 Å². The molecule has 3 aromatic rings. The van der Waals surface area contributed by atoms with E-state index >= 15 is 0 Å². The van der Waals surface area contributed by atoms with E-state index in [1.165, 1.54) is 6.07 Å². The summed E-state index contributed by atoms with van der Waals surface area (Å²) in [5.74, 6) is 5.62. The van der Waals surface area contributed by atoms with E-state index in [0.717, 1.165) is 37.3 Å². The first kappa shape index (κ1) is 23.0. The Kier molecular flexibility index (Phi) is 6.22. The van der Waals surface area contributed by atoms with E-state index in [1.807, 2.05) is 13.8 Å². The summed E-state index contributed by atoms with van der Waals surface area (Å²) in [7, 11) is 0. The van der Waals surface area contributed by atoms with Crippen LogP contribution < -0.4 is 5.32 Å². The quantitative estimate of drug-likeness (QED) is 0.585. The van der Waals surface area contributed by atoms with Gasteiger partial charge >= 0.3 is 0 Å². The monoisotopic (exact) mass is 474 g/mol. The number of benzene rings is 1. The molecule has 9 heteroatoms. The molecule has 35 heavy (non-hydrogen) atoms. The Morgan fingerprint density at radius 2 is 2.06 bits per heavy atom. The second-order valence-corrected chi connectivity index (χ2v) is 9.30. The molecule has 0 atom stereocenters. The third kappa shape index (κ3) is 4.88. The minimum Gasteiger partial charge on any atom is -0.381 e. The van der Waals surface area contributed by atoms with Crippen molar-refractivity contribution in [1.29, 1.82) is 0 Å². The molecular formula is C26H27FN6O2. The zero-order valence-electron chi connectivity index (χ0n) is 19.8. The number of rotatable bonds is 4. The van der Waals surface area contributed by atoms with E-state index in [-0.39, 0.29) is 11.7 Å². The maximum atomic E-state index is 13.9. The number of carbonyl (C=O) groups is 1. The van der Waals surface area contributed by atoms with E-state index in [4.69, 9.17) is 9.72 Å². The van der Waals surface area contributed by atoms with Crippen LogP contribution in [0.4, 0.5) is 10.3 Å². The van der Waals surface area contributed by atoms with Gasteiger partial charge in [0.05, 0.1) is 36.1 Å². The van der Waals surface area contributed by atoms with Gasteiger partial charge in [-0.2, -0.15) is 5.10 Å². The molecule has 8 nitrogen and oxygen atoms in total. The molecule has 1 aromatic carbocycles. The highest BCUT2D eigenvalue weighted by atomic mass is 19.1. The van der Waals surface area contributed by atoms with Gasteiger partial charge in [-0.05, 0) is 32.8 Å². The third-order valence-electron chi connectivity index (χ3n) is 6.55. The van der Waals surface area contributed by atoms with E-state index < -0.39 is 5.54 Å². The molecular weight excluding hydrogens is 447 g/mol. The number of ether oxygens (including phenoxy) is 1. The Bertz CT molecular complexity index is 1300. The SMILES string of the molecule is CC1(C)c2cnc(NC3CCOCC3)nc2CN1C(=O)C#Cc1cnn(Cc2ccccc2F)c1. The number of nitrogens with zero attached hydrogens (tertiary/aromatic N) is 5. The van der Waals surface area contributed by atoms with Gasteiger partial charge in [0.25, 0.3) is 5.91 Å². The molecule has 0 saturated carbocycles. The van der Waals surface area contributed by atoms with Crippen LogP contribution in [0.3, 0.4) is 0 Å². The van der Waals surface area contributed by atoms with Crippen LogP contribution in [0.2, 0.25) is 0 Å². The summed E-state index contributed by atoms with van der Waals surface area (Å²) in [6, 6.07) is 6.86. The molecule has 1 N–H and O–H groups in total. The summed E-state index contributed by atoms with van der Waals surface area (Å²) in [6.45, 7) is 6.07. The summed E-state index contributed by atoms with van der Waals surface area (Å²) in [6.07, 6.45) is 6.92. The molecule has 0 unspecified atom stereocenters. The highest BCUT2D eigenvalue weighted by Gasteiger charge is 2.41. The Morgan fingerprint density at radius 3 is 2.86 bits per heavy atom. The largest absolute Gasteiger partial charge is 0.381 e. The van der Waals surface area contributed by atoms with Crippen LogP contribution in [0.25, 0.3) is 0 Å². The molecule has 0 radical (unpaired) electrons. The van der Waals surface area contributed by atoms with Crippen molar-refractivity contribution in [2.75, 3.05) is 18.5 Å². The molecule has 2 aliphatic heterocycles. The van der Waals surface area contributed by atoms with Crippen molar-refractivity contribution in [1.82, 2.24) is 24.6 Å². The standard InChI is InChI=1S/C26H27FN6O2/c1-26(2)21-14-28-25(30-20-9-11-35-12-10-20)31-23(21)17-33(26)24(34)8-7-18-13-29-32(15-18)16-19-5-3-4-6-22(19)27/h3-6,13-15,20H,9-12,16-17H2,1-2H3,(H,28,30,31). The zero-order chi connectivity index (χ0) is 24.4. The number of hydrogen-bond donors (Lipinski definition) is 1. The van der Waals surface area contributed by atoms with Crippen molar-refractivity contribution in [3.05, 3.63) is 71.1 Å². The second kappa shape index (κ2) is 9.47. The summed E-state index contributed by atoms with van der Waals surface area (Å²) in [5.41, 5.74) is 2.30. The maximum Gasteiger partial charge on any atom is 0.299 e. The first-order valence-corrected chi connectivity index (χ1v) is 11.7. The molecule has 2 aliphatic rings. The fourth-order valence-corrected chi connectivity index (χ4v) is 4.47. The van der Waals surface area contributed by atoms with E-state index in [2.05, 4.69) is 27.2 Å². The average molecular weight is 475 g/mol. The Labute approximate surface area is 203 Å². The van der Waals surface area contributed by atoms with Crippen LogP contribution in [-0.4, -0.2) is 49.8 Å². The minimum atomic E-state index is -0.576. The smallest absolute Gasteiger partial charge is 0.299 e. The Hall–Kier alpha value is -3.77. The van der Waals surface area contributed by atoms with Gasteiger partial charge in [-0.15, -0.1) is 0 Å². The molecule has 0 bridgehead atoms. The third-order valence-corrected chi connectivity index (χ3v) is 6.55. The number of nitrogens with one attached hydrogen (secondary N) is 1. The highest BCUT2D eigenvalue weighted by Crippen LogP contribution is 2.37. The highest BCUT2D eigenvalue weighted by molar-refractivity contribution is 5.95. The molecule has 0 spiro atoms. The molecule has 1 saturated heterocycles. The molecule has 5 rings (SSSR count). The van der Waals surface area contributed by atoms with Crippen LogP contribution in [0.15, 0.2) is 42.9 Å². The maximum absolute atomic E-state index is 13.9. The van der Waals surface area contributed by atoms with Crippen LogP contribution in [0.1, 0.15) is 49.1 Å². The van der Waals surface area contributed by atoms with Gasteiger partial charge in [0, 0.05) is 48.7 Å². The lowest BCUT2D eigenvalue weighted by molar-refractivity contribution is -0.130. The van der Waals surface area contributed by atoms with Gasteiger partial charge in [-0.3, -0.25) is 9.48 Å². The van der Waals surface area contributed by atoms with Crippen molar-refractivity contribution < 1.29 is 13.9 Å². The molecule has 1 fully saturated rings. The van der Waals surface area contributed by atoms with Crippen molar-refractivity contribution in [3.63, 3.8) is 0 Å². The van der Waals surface area contributed by atoms with Crippen molar-refractivity contribution in [3.8, 4) is 11.8 Å². The number of hydrogen-bond acceptors (Lipinski definition) is 6. The predicted octanol–water partition coefficient (Wildman–Crippen LogP) is 3.08. The number of fused-ring (bicyclic) bond motifs is 1. The van der Waals surface area contributed by atoms with Crippen LogP contribution >= 0.6 is 0 Å². The number of anilines is 1. The van der Waals surface area contributed by atoms with Gasteiger partial charge in [-0.25, -0.2) is 14.4 Å². The van der Waals surface area contributed by atoms with Crippen molar-refractivity contribution in [2.45, 2.75) is 51.4 Å². The van der Waals surface area contributed by atoms with Crippen LogP contribution in [0.5, 0.6) is 0 Å². The average Bonchev–Trinajstić information content (AvgIpc) is 3.40. The molecule has 180 valence electrons. The van der Waals surface area contributed by atoms with Gasteiger partial charge < -0.3 is 15.0 Å². The lowest BCUT2D eigenvalue weighted by Gasteiger charge is -2.30. The molecule has 1 amide bonds. The van der Waals surface area contributed by atoms with E-state index in [1.54, 1.807) is 46.4 Å². The van der Waals surface area contributed by atoms with Crippen LogP contribution in [-0.2, 0) is 28.2 Å². The molecule has 2 aromatic heterocycles. The van der Waals surface area contributed by atoms with Gasteiger partial charge in [0.1, 0.15) is 5.82 Å². The lowest BCUT2D eigenvalue weighted by atomic mass is 9.97. The second-order valence-electron chi connectivity index (χ2n) is 9.30. The fraction of sp³-hybridized carbons (Fsp3) is 0.385. The summed E-state index contributed by atoms with van der Waals surface area (Å²) < 4.78 is 20.9. The number of carbonyl (C=O) groups excluding carboxylic acids is 1. The first-order chi connectivity index (χ1) is 16.9. The number of amides is 1. The van der Waals surface area contributed by atoms with E-state index in [0.29, 0.717) is 36.2 Å². The number of aromatic nitrogens is 4. The lowest BCUT2D eigenvalue weighted by Crippen LogP contribution is -2.39. The fourth-order valence-electron chi connectivity index (χ4n) is 4.47. The summed E-state index contributed by atoms with van der Waals surface area (Å²) in [4.78, 5) is 23.9. The zero-order valence-corrected chi connectivity index (χ0v) is 19.8. The summed E-state index contributed by atoms with van der Waals surface area (Å²) in [5, 5.41) is 7.62. The van der Waals surface area contributed by atoms with Gasteiger partial charge in [0.2, 0.25) is 5.95 Å². The minimum absolute atomic E-state index is 0.282.